The summed E-state index contributed by atoms with van der Waals surface area (Å²) in [5.74, 6) is 0.211. The summed E-state index contributed by atoms with van der Waals surface area (Å²) in [6, 6.07) is 14.5. The number of hydrogen-bond acceptors (Lipinski definition) is 3. The largest absolute Gasteiger partial charge is 0.383 e. The monoisotopic (exact) mass is 385 g/mol. The van der Waals surface area contributed by atoms with Crippen LogP contribution in [0.25, 0.3) is 0 Å². The average molecular weight is 386 g/mol. The summed E-state index contributed by atoms with van der Waals surface area (Å²) in [6.45, 7) is 9.08. The molecule has 1 aliphatic rings. The third kappa shape index (κ3) is 5.47. The molecule has 4 nitrogen and oxygen atoms in total. The molecule has 1 amide bonds. The van der Waals surface area contributed by atoms with Gasteiger partial charge in [-0.3, -0.25) is 9.69 Å². The Hall–Kier alpha value is -2.04. The predicted molar refractivity (Wildman–Crippen MR) is 112 cm³/mol. The van der Waals surface area contributed by atoms with Gasteiger partial charge < -0.3 is 10.2 Å². The number of piperazine rings is 1. The summed E-state index contributed by atoms with van der Waals surface area (Å²) in [6.07, 6.45) is 0.488. The zero-order valence-electron chi connectivity index (χ0n) is 16.2. The molecule has 2 aromatic carbocycles. The molecule has 5 heteroatoms. The minimum atomic E-state index is 0.211. The molecule has 1 N–H and O–H groups in total. The summed E-state index contributed by atoms with van der Waals surface area (Å²) in [5.41, 5.74) is 4.52. The molecule has 2 aromatic rings. The first-order valence-electron chi connectivity index (χ1n) is 9.57. The van der Waals surface area contributed by atoms with Crippen LogP contribution in [0.4, 0.5) is 5.69 Å². The number of nitrogens with zero attached hydrogens (tertiary/aromatic N) is 2. The molecule has 1 heterocycles. The van der Waals surface area contributed by atoms with Gasteiger partial charge in [0.1, 0.15) is 0 Å². The second kappa shape index (κ2) is 9.25. The van der Waals surface area contributed by atoms with Gasteiger partial charge in [-0.25, -0.2) is 0 Å². The van der Waals surface area contributed by atoms with Crippen LogP contribution in [-0.4, -0.2) is 48.4 Å². The maximum atomic E-state index is 12.5. The van der Waals surface area contributed by atoms with Crippen molar-refractivity contribution in [3.8, 4) is 0 Å². The predicted octanol–water partition coefficient (Wildman–Crippen LogP) is 4.10. The van der Waals surface area contributed by atoms with Crippen molar-refractivity contribution in [1.29, 1.82) is 0 Å². The van der Waals surface area contributed by atoms with Gasteiger partial charge in [0.25, 0.3) is 0 Å². The van der Waals surface area contributed by atoms with Gasteiger partial charge in [-0.05, 0) is 36.6 Å². The first-order chi connectivity index (χ1) is 13.0. The molecule has 0 radical (unpaired) electrons. The summed E-state index contributed by atoms with van der Waals surface area (Å²) in [7, 11) is 0. The van der Waals surface area contributed by atoms with E-state index in [4.69, 9.17) is 11.6 Å². The van der Waals surface area contributed by atoms with Gasteiger partial charge in [0.2, 0.25) is 5.91 Å². The Morgan fingerprint density at radius 3 is 2.44 bits per heavy atom. The van der Waals surface area contributed by atoms with Crippen molar-refractivity contribution < 1.29 is 4.79 Å². The maximum absolute atomic E-state index is 12.5. The van der Waals surface area contributed by atoms with E-state index in [0.29, 0.717) is 13.0 Å². The first kappa shape index (κ1) is 19.7. The molecular weight excluding hydrogens is 358 g/mol. The summed E-state index contributed by atoms with van der Waals surface area (Å²) in [5, 5.41) is 4.05. The van der Waals surface area contributed by atoms with Gasteiger partial charge in [-0.1, -0.05) is 48.0 Å². The van der Waals surface area contributed by atoms with Crippen molar-refractivity contribution >= 4 is 23.2 Å². The summed E-state index contributed by atoms with van der Waals surface area (Å²) in [4.78, 5) is 16.9. The van der Waals surface area contributed by atoms with Crippen LogP contribution in [0.1, 0.15) is 23.1 Å². The minimum absolute atomic E-state index is 0.211. The topological polar surface area (TPSA) is 35.6 Å². The Balaban J connectivity index is 1.42. The molecule has 0 saturated carbocycles. The van der Waals surface area contributed by atoms with E-state index in [2.05, 4.69) is 40.5 Å². The smallest absolute Gasteiger partial charge is 0.224 e. The highest BCUT2D eigenvalue weighted by molar-refractivity contribution is 6.33. The number of rotatable bonds is 6. The van der Waals surface area contributed by atoms with Crippen LogP contribution in [0.2, 0.25) is 5.02 Å². The molecule has 3 rings (SSSR count). The fraction of sp³-hybridized carbons (Fsp3) is 0.409. The minimum Gasteiger partial charge on any atom is -0.383 e. The molecule has 0 atom stereocenters. The van der Waals surface area contributed by atoms with Crippen molar-refractivity contribution in [3.05, 3.63) is 64.2 Å². The van der Waals surface area contributed by atoms with Crippen molar-refractivity contribution in [2.24, 2.45) is 0 Å². The average Bonchev–Trinajstić information content (AvgIpc) is 2.65. The van der Waals surface area contributed by atoms with Crippen LogP contribution in [0.3, 0.4) is 0 Å². The number of carbonyl (C=O) groups excluding carboxylic acids is 1. The SMILES string of the molecule is Cc1cc(C)c(NCCC(=O)N2CCN(Cc3ccccc3)CC2)c(Cl)c1. The molecule has 0 aromatic heterocycles. The highest BCUT2D eigenvalue weighted by Crippen LogP contribution is 2.27. The maximum Gasteiger partial charge on any atom is 0.224 e. The van der Waals surface area contributed by atoms with E-state index in [-0.39, 0.29) is 5.91 Å². The van der Waals surface area contributed by atoms with E-state index in [0.717, 1.165) is 54.6 Å². The van der Waals surface area contributed by atoms with Crippen LogP contribution in [0, 0.1) is 13.8 Å². The lowest BCUT2D eigenvalue weighted by molar-refractivity contribution is -0.132. The Morgan fingerprint density at radius 1 is 1.07 bits per heavy atom. The molecule has 1 saturated heterocycles. The van der Waals surface area contributed by atoms with E-state index in [1.165, 1.54) is 5.56 Å². The van der Waals surface area contributed by atoms with Gasteiger partial charge in [-0.15, -0.1) is 0 Å². The van der Waals surface area contributed by atoms with E-state index in [9.17, 15) is 4.79 Å². The second-order valence-corrected chi connectivity index (χ2v) is 7.67. The molecule has 1 fully saturated rings. The van der Waals surface area contributed by atoms with Crippen LogP contribution in [0.15, 0.2) is 42.5 Å². The lowest BCUT2D eigenvalue weighted by Gasteiger charge is -2.35. The zero-order chi connectivity index (χ0) is 19.2. The third-order valence-electron chi connectivity index (χ3n) is 5.05. The fourth-order valence-electron chi connectivity index (χ4n) is 3.59. The lowest BCUT2D eigenvalue weighted by atomic mass is 10.1. The number of nitrogens with one attached hydrogen (secondary N) is 1. The van der Waals surface area contributed by atoms with Crippen LogP contribution >= 0.6 is 11.6 Å². The molecule has 0 unspecified atom stereocenters. The molecule has 1 aliphatic heterocycles. The lowest BCUT2D eigenvalue weighted by Crippen LogP contribution is -2.48. The summed E-state index contributed by atoms with van der Waals surface area (Å²) >= 11 is 6.32. The van der Waals surface area contributed by atoms with Crippen LogP contribution in [-0.2, 0) is 11.3 Å². The van der Waals surface area contributed by atoms with E-state index in [1.807, 2.05) is 30.9 Å². The molecular formula is C22H28ClN3O. The number of aryl methyl sites for hydroxylation is 2. The van der Waals surface area contributed by atoms with Crippen molar-refractivity contribution in [3.63, 3.8) is 0 Å². The molecule has 144 valence electrons. The standard InChI is InChI=1S/C22H28ClN3O/c1-17-14-18(2)22(20(23)15-17)24-9-8-21(27)26-12-10-25(11-13-26)16-19-6-4-3-5-7-19/h3-7,14-15,24H,8-13,16H2,1-2H3. The van der Waals surface area contributed by atoms with Gasteiger partial charge in [0.15, 0.2) is 0 Å². The number of amides is 1. The number of hydrogen-bond donors (Lipinski definition) is 1. The summed E-state index contributed by atoms with van der Waals surface area (Å²) < 4.78 is 0. The molecule has 0 aliphatic carbocycles. The van der Waals surface area contributed by atoms with Gasteiger partial charge in [0, 0.05) is 45.7 Å². The molecule has 0 bridgehead atoms. The highest BCUT2D eigenvalue weighted by atomic mass is 35.5. The van der Waals surface area contributed by atoms with E-state index in [1.54, 1.807) is 0 Å². The first-order valence-corrected chi connectivity index (χ1v) is 9.95. The van der Waals surface area contributed by atoms with Crippen LogP contribution in [0.5, 0.6) is 0 Å². The third-order valence-corrected chi connectivity index (χ3v) is 5.34. The van der Waals surface area contributed by atoms with Gasteiger partial charge >= 0.3 is 0 Å². The van der Waals surface area contributed by atoms with Crippen molar-refractivity contribution in [2.75, 3.05) is 38.0 Å². The van der Waals surface area contributed by atoms with E-state index < -0.39 is 0 Å². The number of benzene rings is 2. The number of halogens is 1. The van der Waals surface area contributed by atoms with Gasteiger partial charge in [-0.2, -0.15) is 0 Å². The van der Waals surface area contributed by atoms with Gasteiger partial charge in [0.05, 0.1) is 10.7 Å². The fourth-order valence-corrected chi connectivity index (χ4v) is 3.98. The number of anilines is 1. The molecule has 0 spiro atoms. The van der Waals surface area contributed by atoms with E-state index >= 15 is 0 Å². The zero-order valence-corrected chi connectivity index (χ0v) is 16.9. The molecule has 27 heavy (non-hydrogen) atoms. The Kier molecular flexibility index (Phi) is 6.75. The number of carbonyl (C=O) groups is 1. The quantitative estimate of drug-likeness (QED) is 0.813. The Morgan fingerprint density at radius 2 is 1.78 bits per heavy atom. The normalized spacial score (nSPS) is 15.0. The highest BCUT2D eigenvalue weighted by Gasteiger charge is 2.20. The Bertz CT molecular complexity index is 747. The van der Waals surface area contributed by atoms with Crippen molar-refractivity contribution in [1.82, 2.24) is 9.80 Å². The van der Waals surface area contributed by atoms with Crippen molar-refractivity contribution in [2.45, 2.75) is 26.8 Å². The second-order valence-electron chi connectivity index (χ2n) is 7.26. The Labute approximate surface area is 167 Å². The van der Waals surface area contributed by atoms with Crippen LogP contribution < -0.4 is 5.32 Å².